The molecule has 0 aliphatic carbocycles. The van der Waals surface area contributed by atoms with Crippen molar-refractivity contribution in [2.75, 3.05) is 25.6 Å². The van der Waals surface area contributed by atoms with E-state index in [4.69, 9.17) is 9.94 Å². The van der Waals surface area contributed by atoms with Gasteiger partial charge >= 0.3 is 0 Å². The number of ether oxygens (including phenoxy) is 1. The van der Waals surface area contributed by atoms with E-state index in [0.29, 0.717) is 18.9 Å². The number of rotatable bonds is 6. The fraction of sp³-hybridized carbons (Fsp3) is 0.500. The van der Waals surface area contributed by atoms with Crippen LogP contribution in [-0.4, -0.2) is 56.5 Å². The first-order chi connectivity index (χ1) is 12.5. The van der Waals surface area contributed by atoms with E-state index >= 15 is 0 Å². The van der Waals surface area contributed by atoms with Crippen molar-refractivity contribution in [3.8, 4) is 0 Å². The van der Waals surface area contributed by atoms with Crippen molar-refractivity contribution in [2.24, 2.45) is 5.16 Å². The number of hydrogen-bond donors (Lipinski definition) is 2. The molecular formula is C18H25N3O5S. The SMILES string of the molecule is CC(=O)/C(=N/O)C(=O)Nc1cccc(C2(N(C)[S+]([O-])C(C)(C)C)COC2)c1. The van der Waals surface area contributed by atoms with Crippen molar-refractivity contribution in [1.29, 1.82) is 0 Å². The summed E-state index contributed by atoms with van der Waals surface area (Å²) >= 11 is -1.26. The van der Waals surface area contributed by atoms with Gasteiger partial charge in [-0.05, 0) is 38.5 Å². The van der Waals surface area contributed by atoms with Gasteiger partial charge in [-0.25, -0.2) is 0 Å². The molecule has 0 spiro atoms. The molecule has 9 heteroatoms. The molecule has 1 aliphatic rings. The van der Waals surface area contributed by atoms with Crippen LogP contribution in [-0.2, 0) is 31.2 Å². The van der Waals surface area contributed by atoms with Crippen LogP contribution in [0.3, 0.4) is 0 Å². The topological polar surface area (TPSA) is 114 Å². The normalized spacial score (nSPS) is 18.0. The van der Waals surface area contributed by atoms with Crippen LogP contribution in [0.4, 0.5) is 5.69 Å². The molecule has 1 atom stereocenters. The summed E-state index contributed by atoms with van der Waals surface area (Å²) in [5.74, 6) is -1.44. The molecule has 1 aliphatic heterocycles. The van der Waals surface area contributed by atoms with E-state index in [0.717, 1.165) is 12.5 Å². The van der Waals surface area contributed by atoms with Crippen LogP contribution < -0.4 is 5.32 Å². The Hall–Kier alpha value is -1.94. The molecule has 0 aromatic heterocycles. The van der Waals surface area contributed by atoms with Gasteiger partial charge in [0.25, 0.3) is 5.91 Å². The third kappa shape index (κ3) is 4.32. The van der Waals surface area contributed by atoms with E-state index in [9.17, 15) is 14.1 Å². The van der Waals surface area contributed by atoms with Crippen molar-refractivity contribution in [2.45, 2.75) is 38.0 Å². The van der Waals surface area contributed by atoms with Gasteiger partial charge in [0.1, 0.15) is 10.3 Å². The molecule has 2 N–H and O–H groups in total. The molecule has 1 amide bonds. The molecular weight excluding hydrogens is 370 g/mol. The number of carbonyl (C=O) groups excluding carboxylic acids is 2. The van der Waals surface area contributed by atoms with E-state index in [1.165, 1.54) is 0 Å². The zero-order valence-electron chi connectivity index (χ0n) is 16.1. The van der Waals surface area contributed by atoms with Crippen molar-refractivity contribution in [3.05, 3.63) is 29.8 Å². The Morgan fingerprint density at radius 3 is 2.44 bits per heavy atom. The monoisotopic (exact) mass is 395 g/mol. The minimum absolute atomic E-state index is 0.375. The van der Waals surface area contributed by atoms with E-state index in [-0.39, 0.29) is 0 Å². The van der Waals surface area contributed by atoms with Gasteiger partial charge in [0.15, 0.2) is 5.78 Å². The largest absolute Gasteiger partial charge is 0.597 e. The number of nitrogens with one attached hydrogen (secondary N) is 1. The Balaban J connectivity index is 2.30. The molecule has 0 radical (unpaired) electrons. The van der Waals surface area contributed by atoms with Crippen LogP contribution in [0, 0.1) is 0 Å². The zero-order chi connectivity index (χ0) is 20.4. The first-order valence-corrected chi connectivity index (χ1v) is 9.52. The second kappa shape index (κ2) is 7.97. The van der Waals surface area contributed by atoms with Gasteiger partial charge in [-0.1, -0.05) is 17.3 Å². The highest BCUT2D eigenvalue weighted by Crippen LogP contribution is 2.40. The smallest absolute Gasteiger partial charge is 0.281 e. The molecule has 2 rings (SSSR count). The van der Waals surface area contributed by atoms with Gasteiger partial charge < -0.3 is 19.8 Å². The van der Waals surface area contributed by atoms with Gasteiger partial charge in [0.2, 0.25) is 5.71 Å². The standard InChI is InChI=1S/C18H25N3O5S/c1-12(22)15(20-24)16(23)19-14-8-6-7-13(9-14)18(10-26-11-18)21(5)27(25)17(2,3)4/h6-9,24H,10-11H2,1-5H3,(H,19,23)/b20-15-. The fourth-order valence-corrected chi connectivity index (χ4v) is 4.10. The summed E-state index contributed by atoms with van der Waals surface area (Å²) in [6.45, 7) is 7.60. The van der Waals surface area contributed by atoms with Crippen molar-refractivity contribution >= 4 is 34.5 Å². The molecule has 1 aromatic rings. The van der Waals surface area contributed by atoms with Gasteiger partial charge in [-0.2, -0.15) is 0 Å². The number of amides is 1. The molecule has 1 fully saturated rings. The van der Waals surface area contributed by atoms with Gasteiger partial charge in [0, 0.05) is 31.0 Å². The lowest BCUT2D eigenvalue weighted by atomic mass is 9.88. The number of ketones is 1. The third-order valence-electron chi connectivity index (χ3n) is 4.36. The Morgan fingerprint density at radius 2 is 2.00 bits per heavy atom. The van der Waals surface area contributed by atoms with Crippen LogP contribution in [0.1, 0.15) is 33.3 Å². The number of benzene rings is 1. The van der Waals surface area contributed by atoms with Crippen molar-refractivity contribution in [3.63, 3.8) is 0 Å². The molecule has 0 saturated carbocycles. The summed E-state index contributed by atoms with van der Waals surface area (Å²) in [6.07, 6.45) is 0. The Kier molecular flexibility index (Phi) is 6.31. The number of hydrogen-bond acceptors (Lipinski definition) is 7. The van der Waals surface area contributed by atoms with E-state index in [2.05, 4.69) is 10.5 Å². The Labute approximate surface area is 161 Å². The molecule has 1 aromatic carbocycles. The minimum Gasteiger partial charge on any atom is -0.597 e. The third-order valence-corrected chi connectivity index (χ3v) is 6.26. The second-order valence-corrected chi connectivity index (χ2v) is 9.69. The first-order valence-electron chi connectivity index (χ1n) is 8.41. The summed E-state index contributed by atoms with van der Waals surface area (Å²) in [5, 5.41) is 14.1. The lowest BCUT2D eigenvalue weighted by Crippen LogP contribution is -2.62. The number of likely N-dealkylation sites (N-methyl/N-ethyl adjacent to an activating group) is 1. The average molecular weight is 395 g/mol. The van der Waals surface area contributed by atoms with E-state index < -0.39 is 39.0 Å². The molecule has 1 heterocycles. The number of carbonyl (C=O) groups is 2. The van der Waals surface area contributed by atoms with Crippen LogP contribution >= 0.6 is 0 Å². The van der Waals surface area contributed by atoms with Crippen LogP contribution in [0.2, 0.25) is 0 Å². The highest BCUT2D eigenvalue weighted by Gasteiger charge is 2.52. The Bertz CT molecular complexity index is 756. The molecule has 1 saturated heterocycles. The minimum atomic E-state index is -1.26. The molecule has 8 nitrogen and oxygen atoms in total. The molecule has 1 unspecified atom stereocenters. The molecule has 0 bridgehead atoms. The maximum Gasteiger partial charge on any atom is 0.281 e. The van der Waals surface area contributed by atoms with Crippen molar-refractivity contribution in [1.82, 2.24) is 4.31 Å². The molecule has 27 heavy (non-hydrogen) atoms. The summed E-state index contributed by atoms with van der Waals surface area (Å²) in [5.41, 5.74) is 0.110. The van der Waals surface area contributed by atoms with Crippen LogP contribution in [0.5, 0.6) is 0 Å². The maximum atomic E-state index is 12.9. The number of oxime groups is 1. The Morgan fingerprint density at radius 1 is 1.37 bits per heavy atom. The maximum absolute atomic E-state index is 12.9. The van der Waals surface area contributed by atoms with E-state index in [1.54, 1.807) is 29.6 Å². The summed E-state index contributed by atoms with van der Waals surface area (Å²) in [7, 11) is 1.79. The second-order valence-electron chi connectivity index (χ2n) is 7.42. The predicted octanol–water partition coefficient (Wildman–Crippen LogP) is 1.66. The van der Waals surface area contributed by atoms with Crippen molar-refractivity contribution < 1.29 is 24.1 Å². The molecule has 148 valence electrons. The number of anilines is 1. The lowest BCUT2D eigenvalue weighted by molar-refractivity contribution is -0.114. The quantitative estimate of drug-likeness (QED) is 0.249. The van der Waals surface area contributed by atoms with E-state index in [1.807, 2.05) is 26.8 Å². The number of Topliss-reactive ketones (excluding diaryl/α,β-unsaturated/α-hetero) is 1. The summed E-state index contributed by atoms with van der Waals surface area (Å²) < 4.78 is 19.7. The van der Waals surface area contributed by atoms with Gasteiger partial charge in [-0.3, -0.25) is 9.59 Å². The first kappa shape index (κ1) is 21.4. The summed E-state index contributed by atoms with van der Waals surface area (Å²) in [4.78, 5) is 23.4. The highest BCUT2D eigenvalue weighted by atomic mass is 32.2. The van der Waals surface area contributed by atoms with Crippen LogP contribution in [0.15, 0.2) is 29.4 Å². The average Bonchev–Trinajstić information content (AvgIpc) is 2.52. The zero-order valence-corrected chi connectivity index (χ0v) is 16.9. The summed E-state index contributed by atoms with van der Waals surface area (Å²) in [6, 6.07) is 7.03. The fourth-order valence-electron chi connectivity index (χ4n) is 2.75. The number of nitrogens with zero attached hydrogens (tertiary/aromatic N) is 2. The van der Waals surface area contributed by atoms with Crippen LogP contribution in [0.25, 0.3) is 0 Å². The predicted molar refractivity (Wildman–Crippen MR) is 103 cm³/mol. The lowest BCUT2D eigenvalue weighted by Gasteiger charge is -2.48. The van der Waals surface area contributed by atoms with Gasteiger partial charge in [-0.15, -0.1) is 4.31 Å². The van der Waals surface area contributed by atoms with Gasteiger partial charge in [0.05, 0.1) is 13.2 Å². The highest BCUT2D eigenvalue weighted by molar-refractivity contribution is 7.90.